The SMILES string of the molecule is COc1ccc([C@@H]2CC(c3ccccc3)=NN2C(=O)CSc2n[nH]c(=O)n2C[C@H]2CCCO2)cc1. The number of rotatable bonds is 8. The summed E-state index contributed by atoms with van der Waals surface area (Å²) in [5, 5.41) is 13.4. The van der Waals surface area contributed by atoms with Crippen molar-refractivity contribution in [3.8, 4) is 5.75 Å². The zero-order valence-electron chi connectivity index (χ0n) is 19.4. The molecule has 9 nitrogen and oxygen atoms in total. The van der Waals surface area contributed by atoms with Gasteiger partial charge in [0.25, 0.3) is 5.91 Å². The molecule has 2 aliphatic rings. The van der Waals surface area contributed by atoms with Crippen molar-refractivity contribution in [2.24, 2.45) is 5.10 Å². The molecule has 5 rings (SSSR count). The Labute approximate surface area is 207 Å². The molecule has 0 radical (unpaired) electrons. The lowest BCUT2D eigenvalue weighted by Gasteiger charge is -2.22. The highest BCUT2D eigenvalue weighted by Gasteiger charge is 2.33. The van der Waals surface area contributed by atoms with Gasteiger partial charge in [-0.25, -0.2) is 14.9 Å². The predicted molar refractivity (Wildman–Crippen MR) is 133 cm³/mol. The fourth-order valence-electron chi connectivity index (χ4n) is 4.39. The Hall–Kier alpha value is -3.37. The van der Waals surface area contributed by atoms with Gasteiger partial charge in [-0.15, -0.1) is 5.10 Å². The summed E-state index contributed by atoms with van der Waals surface area (Å²) < 4.78 is 12.5. The van der Waals surface area contributed by atoms with Crippen molar-refractivity contribution in [1.82, 2.24) is 19.8 Å². The Morgan fingerprint density at radius 2 is 2.00 bits per heavy atom. The number of benzene rings is 2. The van der Waals surface area contributed by atoms with E-state index in [0.29, 0.717) is 24.7 Å². The fraction of sp³-hybridized carbons (Fsp3) is 0.360. The maximum atomic E-state index is 13.4. The Kier molecular flexibility index (Phi) is 7.01. The number of carbonyl (C=O) groups excluding carboxylic acids is 1. The summed E-state index contributed by atoms with van der Waals surface area (Å²) in [7, 11) is 1.63. The van der Waals surface area contributed by atoms with Gasteiger partial charge in [0, 0.05) is 13.0 Å². The van der Waals surface area contributed by atoms with Gasteiger partial charge >= 0.3 is 5.69 Å². The number of amides is 1. The van der Waals surface area contributed by atoms with Crippen molar-refractivity contribution in [3.63, 3.8) is 0 Å². The molecule has 1 amide bonds. The molecule has 182 valence electrons. The number of methoxy groups -OCH3 is 1. The Bertz CT molecular complexity index is 1250. The van der Waals surface area contributed by atoms with Crippen LogP contribution in [0.3, 0.4) is 0 Å². The molecular weight excluding hydrogens is 466 g/mol. The molecule has 2 aromatic carbocycles. The van der Waals surface area contributed by atoms with Crippen molar-refractivity contribution < 1.29 is 14.3 Å². The van der Waals surface area contributed by atoms with E-state index < -0.39 is 0 Å². The number of H-pyrrole nitrogens is 1. The van der Waals surface area contributed by atoms with Crippen LogP contribution in [0.1, 0.15) is 36.4 Å². The summed E-state index contributed by atoms with van der Waals surface area (Å²) in [6.45, 7) is 1.14. The van der Waals surface area contributed by atoms with Gasteiger partial charge in [0.05, 0.1) is 37.3 Å². The molecule has 2 aliphatic heterocycles. The largest absolute Gasteiger partial charge is 0.497 e. The van der Waals surface area contributed by atoms with Crippen molar-refractivity contribution in [1.29, 1.82) is 0 Å². The van der Waals surface area contributed by atoms with Crippen LogP contribution in [0.2, 0.25) is 0 Å². The van der Waals surface area contributed by atoms with Crippen LogP contribution in [-0.2, 0) is 16.1 Å². The first-order valence-corrected chi connectivity index (χ1v) is 12.6. The lowest BCUT2D eigenvalue weighted by atomic mass is 9.98. The van der Waals surface area contributed by atoms with Gasteiger partial charge in [-0.05, 0) is 36.1 Å². The molecule has 0 saturated carbocycles. The molecule has 1 saturated heterocycles. The first-order valence-electron chi connectivity index (χ1n) is 11.6. The Balaban J connectivity index is 1.34. The summed E-state index contributed by atoms with van der Waals surface area (Å²) in [4.78, 5) is 25.7. The van der Waals surface area contributed by atoms with E-state index in [-0.39, 0.29) is 29.5 Å². The van der Waals surface area contributed by atoms with Crippen molar-refractivity contribution in [2.75, 3.05) is 19.5 Å². The van der Waals surface area contributed by atoms with Gasteiger partial charge < -0.3 is 9.47 Å². The fourth-order valence-corrected chi connectivity index (χ4v) is 5.20. The zero-order valence-corrected chi connectivity index (χ0v) is 20.2. The quantitative estimate of drug-likeness (QED) is 0.484. The summed E-state index contributed by atoms with van der Waals surface area (Å²) >= 11 is 1.23. The average Bonchev–Trinajstić information content (AvgIpc) is 3.65. The summed E-state index contributed by atoms with van der Waals surface area (Å²) in [6.07, 6.45) is 2.51. The lowest BCUT2D eigenvalue weighted by Crippen LogP contribution is -2.29. The molecule has 2 atom stereocenters. The van der Waals surface area contributed by atoms with Crippen molar-refractivity contribution in [2.45, 2.75) is 43.1 Å². The van der Waals surface area contributed by atoms with E-state index in [1.807, 2.05) is 54.6 Å². The van der Waals surface area contributed by atoms with Gasteiger partial charge in [-0.2, -0.15) is 5.10 Å². The molecule has 3 heterocycles. The molecule has 3 aromatic rings. The molecule has 0 aliphatic carbocycles. The molecule has 0 unspecified atom stereocenters. The van der Waals surface area contributed by atoms with E-state index in [1.165, 1.54) is 11.8 Å². The second-order valence-electron chi connectivity index (χ2n) is 8.49. The molecule has 35 heavy (non-hydrogen) atoms. The highest BCUT2D eigenvalue weighted by atomic mass is 32.2. The minimum atomic E-state index is -0.294. The zero-order chi connectivity index (χ0) is 24.2. The number of aromatic nitrogens is 3. The molecule has 10 heteroatoms. The average molecular weight is 494 g/mol. The standard InChI is InChI=1S/C25H27N5O4S/c1-33-19-11-9-18(10-12-19)22-14-21(17-6-3-2-4-7-17)28-30(22)23(31)16-35-25-27-26-24(32)29(25)15-20-8-5-13-34-20/h2-4,6-7,9-12,20,22H,5,8,13-16H2,1H3,(H,26,32)/t20-,22+/m1/s1. The monoisotopic (exact) mass is 493 g/mol. The summed E-state index contributed by atoms with van der Waals surface area (Å²) in [6, 6.07) is 17.4. The normalized spacial score (nSPS) is 19.7. The highest BCUT2D eigenvalue weighted by molar-refractivity contribution is 7.99. The smallest absolute Gasteiger partial charge is 0.344 e. The first kappa shape index (κ1) is 23.4. The van der Waals surface area contributed by atoms with Gasteiger partial charge in [0.1, 0.15) is 5.75 Å². The third kappa shape index (κ3) is 5.18. The van der Waals surface area contributed by atoms with Gasteiger partial charge in [-0.3, -0.25) is 9.36 Å². The number of carbonyl (C=O) groups is 1. The van der Waals surface area contributed by atoms with Gasteiger partial charge in [0.2, 0.25) is 0 Å². The second kappa shape index (κ2) is 10.5. The van der Waals surface area contributed by atoms with Crippen molar-refractivity contribution >= 4 is 23.4 Å². The number of aromatic amines is 1. The van der Waals surface area contributed by atoms with Crippen LogP contribution in [0.5, 0.6) is 5.75 Å². The Morgan fingerprint density at radius 1 is 1.20 bits per heavy atom. The topological polar surface area (TPSA) is 102 Å². The van der Waals surface area contributed by atoms with E-state index in [1.54, 1.807) is 16.7 Å². The van der Waals surface area contributed by atoms with E-state index in [4.69, 9.17) is 14.6 Å². The van der Waals surface area contributed by atoms with Crippen LogP contribution in [0.15, 0.2) is 69.6 Å². The van der Waals surface area contributed by atoms with Crippen LogP contribution in [0.4, 0.5) is 0 Å². The van der Waals surface area contributed by atoms with Crippen LogP contribution in [0.25, 0.3) is 0 Å². The highest BCUT2D eigenvalue weighted by Crippen LogP contribution is 2.34. The number of nitrogens with zero attached hydrogens (tertiary/aromatic N) is 4. The van der Waals surface area contributed by atoms with E-state index in [2.05, 4.69) is 10.2 Å². The molecule has 1 fully saturated rings. The van der Waals surface area contributed by atoms with Gasteiger partial charge in [-0.1, -0.05) is 54.2 Å². The predicted octanol–water partition coefficient (Wildman–Crippen LogP) is 3.23. The van der Waals surface area contributed by atoms with E-state index >= 15 is 0 Å². The molecule has 0 bridgehead atoms. The maximum Gasteiger partial charge on any atom is 0.344 e. The molecular formula is C25H27N5O4S. The number of hydrogen-bond donors (Lipinski definition) is 1. The maximum absolute atomic E-state index is 13.4. The van der Waals surface area contributed by atoms with Crippen LogP contribution in [-0.4, -0.2) is 57.0 Å². The second-order valence-corrected chi connectivity index (χ2v) is 9.43. The minimum Gasteiger partial charge on any atom is -0.497 e. The van der Waals surface area contributed by atoms with Gasteiger partial charge in [0.15, 0.2) is 5.16 Å². The number of hydrazone groups is 1. The van der Waals surface area contributed by atoms with E-state index in [9.17, 15) is 9.59 Å². The Morgan fingerprint density at radius 3 is 2.71 bits per heavy atom. The summed E-state index contributed by atoms with van der Waals surface area (Å²) in [5.74, 6) is 0.710. The van der Waals surface area contributed by atoms with Crippen LogP contribution in [0, 0.1) is 0 Å². The number of hydrogen-bond acceptors (Lipinski definition) is 7. The van der Waals surface area contributed by atoms with Crippen LogP contribution >= 0.6 is 11.8 Å². The number of nitrogens with one attached hydrogen (secondary N) is 1. The molecule has 1 N–H and O–H groups in total. The molecule has 1 aromatic heterocycles. The van der Waals surface area contributed by atoms with Crippen molar-refractivity contribution in [3.05, 3.63) is 76.2 Å². The number of ether oxygens (including phenoxy) is 2. The number of thioether (sulfide) groups is 1. The first-order chi connectivity index (χ1) is 17.1. The summed E-state index contributed by atoms with van der Waals surface area (Å²) in [5.41, 5.74) is 2.54. The molecule has 0 spiro atoms. The minimum absolute atomic E-state index is 0.00332. The third-order valence-corrected chi connectivity index (χ3v) is 7.19. The lowest BCUT2D eigenvalue weighted by molar-refractivity contribution is -0.130. The van der Waals surface area contributed by atoms with E-state index in [0.717, 1.165) is 35.4 Å². The van der Waals surface area contributed by atoms with Crippen LogP contribution < -0.4 is 10.4 Å². The third-order valence-electron chi connectivity index (χ3n) is 6.23.